The van der Waals surface area contributed by atoms with Crippen LogP contribution in [-0.2, 0) is 14.4 Å². The van der Waals surface area contributed by atoms with Gasteiger partial charge in [-0.25, -0.2) is 0 Å². The van der Waals surface area contributed by atoms with Crippen LogP contribution >= 0.6 is 11.8 Å². The Kier molecular flexibility index (Phi) is 8.22. The van der Waals surface area contributed by atoms with E-state index in [1.165, 1.54) is 0 Å². The van der Waals surface area contributed by atoms with Crippen molar-refractivity contribution >= 4 is 35.2 Å². The molecule has 7 nitrogen and oxygen atoms in total. The molecule has 0 aliphatic carbocycles. The number of aliphatic hydroxyl groups is 1. The smallest absolute Gasteiger partial charge is 0.247 e. The molecule has 4 aliphatic heterocycles. The number of benzene rings is 1. The van der Waals surface area contributed by atoms with Crippen molar-refractivity contribution in [2.24, 2.45) is 17.8 Å². The lowest BCUT2D eigenvalue weighted by molar-refractivity contribution is -0.147. The number of hydrogen-bond donors (Lipinski definition) is 1. The third kappa shape index (κ3) is 4.51. The van der Waals surface area contributed by atoms with Gasteiger partial charge in [-0.1, -0.05) is 82.5 Å². The summed E-state index contributed by atoms with van der Waals surface area (Å²) in [6, 6.07) is 8.34. The van der Waals surface area contributed by atoms with Gasteiger partial charge < -0.3 is 19.8 Å². The fourth-order valence-electron chi connectivity index (χ4n) is 7.27. The molecular formula is C32H43N3O4S. The first-order valence-corrected chi connectivity index (χ1v) is 15.7. The molecule has 5 rings (SSSR count). The molecule has 0 aromatic heterocycles. The predicted octanol–water partition coefficient (Wildman–Crippen LogP) is 4.27. The van der Waals surface area contributed by atoms with Crippen LogP contribution in [0.4, 0.5) is 5.69 Å². The second-order valence-corrected chi connectivity index (χ2v) is 13.7. The van der Waals surface area contributed by atoms with E-state index in [4.69, 9.17) is 0 Å². The summed E-state index contributed by atoms with van der Waals surface area (Å²) >= 11 is 1.60. The molecule has 216 valence electrons. The van der Waals surface area contributed by atoms with Crippen molar-refractivity contribution in [2.75, 3.05) is 31.1 Å². The quantitative estimate of drug-likeness (QED) is 0.357. The molecular weight excluding hydrogens is 522 g/mol. The van der Waals surface area contributed by atoms with E-state index in [2.05, 4.69) is 19.1 Å². The van der Waals surface area contributed by atoms with Crippen LogP contribution < -0.4 is 4.90 Å². The molecule has 1 aromatic rings. The third-order valence-corrected chi connectivity index (χ3v) is 11.3. The molecule has 1 spiro atoms. The van der Waals surface area contributed by atoms with Crippen molar-refractivity contribution in [1.29, 1.82) is 0 Å². The lowest BCUT2D eigenvalue weighted by atomic mass is 9.74. The zero-order valence-electron chi connectivity index (χ0n) is 24.2. The van der Waals surface area contributed by atoms with Crippen LogP contribution in [0.25, 0.3) is 0 Å². The van der Waals surface area contributed by atoms with Gasteiger partial charge in [0.2, 0.25) is 17.7 Å². The standard InChI is InChI=1S/C32H43N3O4S/c1-5-7-11-18-33-19-13-17-32-26(29(38)35(27(32)30(33)39)24(21-36)22(3)6-2)25-28(37)34(23-14-9-8-10-15-23)20-12-16-31(25,4)40-32/h8-10,12-17,22,24-27,36H,5-7,11,18-21H2,1-4H3/t22-,24-,25-,26-,27?,31+,32-/m0/s1. The highest BCUT2D eigenvalue weighted by Crippen LogP contribution is 2.66. The topological polar surface area (TPSA) is 81.2 Å². The number of unbranched alkanes of at least 4 members (excludes halogenated alkanes) is 2. The second-order valence-electron chi connectivity index (χ2n) is 12.0. The maximum atomic E-state index is 14.7. The normalized spacial score (nSPS) is 33.0. The maximum Gasteiger partial charge on any atom is 0.247 e. The van der Waals surface area contributed by atoms with E-state index in [9.17, 15) is 19.5 Å². The molecule has 0 bridgehead atoms. The number of aliphatic hydroxyl groups excluding tert-OH is 1. The number of likely N-dealkylation sites (tertiary alicyclic amines) is 1. The van der Waals surface area contributed by atoms with E-state index in [0.29, 0.717) is 19.6 Å². The van der Waals surface area contributed by atoms with Crippen LogP contribution in [0.15, 0.2) is 54.6 Å². The van der Waals surface area contributed by atoms with Crippen molar-refractivity contribution in [3.8, 4) is 0 Å². The minimum Gasteiger partial charge on any atom is -0.394 e. The van der Waals surface area contributed by atoms with Crippen LogP contribution in [0.1, 0.15) is 53.4 Å². The molecule has 1 unspecified atom stereocenters. The van der Waals surface area contributed by atoms with E-state index < -0.39 is 33.4 Å². The summed E-state index contributed by atoms with van der Waals surface area (Å²) in [5.41, 5.74) is 0.800. The number of fused-ring (bicyclic) bond motifs is 2. The minimum atomic E-state index is -0.895. The summed E-state index contributed by atoms with van der Waals surface area (Å²) in [7, 11) is 0. The lowest BCUT2D eigenvalue weighted by Gasteiger charge is -2.41. The van der Waals surface area contributed by atoms with Gasteiger partial charge >= 0.3 is 0 Å². The van der Waals surface area contributed by atoms with Gasteiger partial charge in [-0.3, -0.25) is 14.4 Å². The minimum absolute atomic E-state index is 0.000308. The van der Waals surface area contributed by atoms with Crippen LogP contribution in [0.3, 0.4) is 0 Å². The molecule has 2 fully saturated rings. The number of hydrogen-bond acceptors (Lipinski definition) is 5. The Bertz CT molecular complexity index is 1190. The van der Waals surface area contributed by atoms with Gasteiger partial charge in [0.1, 0.15) is 6.04 Å². The van der Waals surface area contributed by atoms with Crippen LogP contribution in [0, 0.1) is 17.8 Å². The highest BCUT2D eigenvalue weighted by Gasteiger charge is 2.74. The Balaban J connectivity index is 1.63. The van der Waals surface area contributed by atoms with E-state index in [1.807, 2.05) is 68.2 Å². The molecule has 7 atom stereocenters. The predicted molar refractivity (Wildman–Crippen MR) is 160 cm³/mol. The van der Waals surface area contributed by atoms with Crippen molar-refractivity contribution < 1.29 is 19.5 Å². The number of carbonyl (C=O) groups is 3. The highest BCUT2D eigenvalue weighted by atomic mass is 32.2. The van der Waals surface area contributed by atoms with E-state index in [-0.39, 0.29) is 30.2 Å². The number of thioether (sulfide) groups is 1. The summed E-state index contributed by atoms with van der Waals surface area (Å²) < 4.78 is -1.55. The Morgan fingerprint density at radius 2 is 1.70 bits per heavy atom. The Morgan fingerprint density at radius 1 is 0.975 bits per heavy atom. The van der Waals surface area contributed by atoms with Crippen molar-refractivity contribution in [3.63, 3.8) is 0 Å². The molecule has 1 N–H and O–H groups in total. The van der Waals surface area contributed by atoms with Crippen LogP contribution in [0.5, 0.6) is 0 Å². The van der Waals surface area contributed by atoms with E-state index in [0.717, 1.165) is 31.4 Å². The van der Waals surface area contributed by atoms with Crippen molar-refractivity contribution in [3.05, 3.63) is 54.6 Å². The Morgan fingerprint density at radius 3 is 2.38 bits per heavy atom. The molecule has 40 heavy (non-hydrogen) atoms. The summed E-state index contributed by atoms with van der Waals surface area (Å²) in [6.07, 6.45) is 12.0. The SMILES string of the molecule is CCCCCN1CC=C[C@]23S[C@]4(C)C=CCN(c5ccccc5)C(=O)[C@@H]4[C@H]2C(=O)N([C@@H](CO)[C@@H](C)CC)C3C1=O. The zero-order chi connectivity index (χ0) is 28.7. The van der Waals surface area contributed by atoms with E-state index in [1.54, 1.807) is 21.6 Å². The largest absolute Gasteiger partial charge is 0.394 e. The molecule has 1 aromatic carbocycles. The van der Waals surface area contributed by atoms with Gasteiger partial charge in [0, 0.05) is 30.1 Å². The van der Waals surface area contributed by atoms with Gasteiger partial charge in [0.05, 0.1) is 29.2 Å². The zero-order valence-corrected chi connectivity index (χ0v) is 25.0. The maximum absolute atomic E-state index is 14.7. The van der Waals surface area contributed by atoms with Crippen molar-refractivity contribution in [2.45, 2.75) is 75.0 Å². The average Bonchev–Trinajstić information content (AvgIpc) is 3.22. The molecule has 3 amide bonds. The number of carbonyl (C=O) groups excluding carboxylic acids is 3. The van der Waals surface area contributed by atoms with Gasteiger partial charge in [-0.15, -0.1) is 11.8 Å². The highest BCUT2D eigenvalue weighted by molar-refractivity contribution is 8.02. The fraction of sp³-hybridized carbons (Fsp3) is 0.594. The van der Waals surface area contributed by atoms with Crippen LogP contribution in [0.2, 0.25) is 0 Å². The van der Waals surface area contributed by atoms with Crippen molar-refractivity contribution in [1.82, 2.24) is 9.80 Å². The van der Waals surface area contributed by atoms with E-state index >= 15 is 0 Å². The molecule has 8 heteroatoms. The summed E-state index contributed by atoms with van der Waals surface area (Å²) in [4.78, 5) is 49.0. The first-order chi connectivity index (χ1) is 19.2. The van der Waals surface area contributed by atoms with Gasteiger partial charge in [-0.2, -0.15) is 0 Å². The summed E-state index contributed by atoms with van der Waals surface area (Å²) in [6.45, 7) is 9.60. The first-order valence-electron chi connectivity index (χ1n) is 14.9. The first kappa shape index (κ1) is 28.9. The van der Waals surface area contributed by atoms with Gasteiger partial charge in [0.25, 0.3) is 0 Å². The third-order valence-electron chi connectivity index (χ3n) is 9.52. The summed E-state index contributed by atoms with van der Waals surface area (Å²) in [5.74, 6) is -1.69. The second kappa shape index (κ2) is 11.4. The van der Waals surface area contributed by atoms with Gasteiger partial charge in [0.15, 0.2) is 0 Å². The number of rotatable bonds is 9. The fourth-order valence-corrected chi connectivity index (χ4v) is 9.42. The average molecular weight is 566 g/mol. The van der Waals surface area contributed by atoms with Gasteiger partial charge in [-0.05, 0) is 31.4 Å². The molecule has 2 saturated heterocycles. The molecule has 0 radical (unpaired) electrons. The number of para-hydroxylation sites is 1. The Hall–Kier alpha value is -2.58. The monoisotopic (exact) mass is 565 g/mol. The Labute approximate surface area is 242 Å². The van der Waals surface area contributed by atoms with Crippen LogP contribution in [-0.4, -0.2) is 80.4 Å². The molecule has 4 heterocycles. The summed E-state index contributed by atoms with van der Waals surface area (Å²) in [5, 5.41) is 10.6. The number of anilines is 1. The number of nitrogens with zero attached hydrogens (tertiary/aromatic N) is 3. The molecule has 4 aliphatic rings. The lowest BCUT2D eigenvalue weighted by Crippen LogP contribution is -2.58. The number of amides is 3. The molecule has 0 saturated carbocycles.